The lowest BCUT2D eigenvalue weighted by Crippen LogP contribution is -2.49. The van der Waals surface area contributed by atoms with Crippen LogP contribution in [0.5, 0.6) is 0 Å². The number of aryl methyl sites for hydroxylation is 1. The molecule has 5 heterocycles. The first-order valence-electron chi connectivity index (χ1n) is 9.56. The number of nitrogens with zero attached hydrogens (tertiary/aromatic N) is 7. The van der Waals surface area contributed by atoms with E-state index in [0.717, 1.165) is 22.3 Å². The van der Waals surface area contributed by atoms with Crippen molar-refractivity contribution in [2.24, 2.45) is 0 Å². The third-order valence-electron chi connectivity index (χ3n) is 5.09. The summed E-state index contributed by atoms with van der Waals surface area (Å²) in [7, 11) is 0. The number of piperazine rings is 1. The minimum atomic E-state index is -0.112. The van der Waals surface area contributed by atoms with Crippen LogP contribution in [0.1, 0.15) is 16.3 Å². The van der Waals surface area contributed by atoms with E-state index in [2.05, 4.69) is 25.0 Å². The summed E-state index contributed by atoms with van der Waals surface area (Å²) in [6.07, 6.45) is 5.18. The maximum atomic E-state index is 12.8. The molecule has 30 heavy (non-hydrogen) atoms. The lowest BCUT2D eigenvalue weighted by Gasteiger charge is -2.35. The van der Waals surface area contributed by atoms with Gasteiger partial charge in [0, 0.05) is 50.7 Å². The molecule has 4 aromatic heterocycles. The van der Waals surface area contributed by atoms with Gasteiger partial charge in [-0.3, -0.25) is 9.36 Å². The van der Waals surface area contributed by atoms with Crippen molar-refractivity contribution in [3.63, 3.8) is 0 Å². The van der Waals surface area contributed by atoms with Gasteiger partial charge < -0.3 is 14.3 Å². The molecule has 10 heteroatoms. The Balaban J connectivity index is 1.26. The molecule has 1 saturated heterocycles. The van der Waals surface area contributed by atoms with E-state index in [4.69, 9.17) is 4.52 Å². The van der Waals surface area contributed by atoms with Crippen molar-refractivity contribution in [3.05, 3.63) is 59.9 Å². The van der Waals surface area contributed by atoms with E-state index in [1.165, 1.54) is 0 Å². The summed E-state index contributed by atoms with van der Waals surface area (Å²) >= 11 is 1.55. The summed E-state index contributed by atoms with van der Waals surface area (Å²) < 4.78 is 7.27. The lowest BCUT2D eigenvalue weighted by atomic mass is 10.2. The molecule has 0 unspecified atom stereocenters. The van der Waals surface area contributed by atoms with Gasteiger partial charge in [-0.2, -0.15) is 0 Å². The van der Waals surface area contributed by atoms with Gasteiger partial charge in [-0.1, -0.05) is 11.2 Å². The van der Waals surface area contributed by atoms with Gasteiger partial charge in [-0.05, 0) is 18.4 Å². The molecule has 0 atom stereocenters. The molecule has 0 aliphatic carbocycles. The third kappa shape index (κ3) is 3.45. The number of thiophene rings is 1. The number of imidazole rings is 1. The minimum Gasteiger partial charge on any atom is -0.355 e. The molecule has 9 nitrogen and oxygen atoms in total. The fraction of sp³-hybridized carbons (Fsp3) is 0.250. The fourth-order valence-electron chi connectivity index (χ4n) is 3.47. The normalized spacial score (nSPS) is 14.3. The van der Waals surface area contributed by atoms with Gasteiger partial charge in [0.1, 0.15) is 23.8 Å². The van der Waals surface area contributed by atoms with Crippen LogP contribution in [0.15, 0.2) is 52.9 Å². The largest absolute Gasteiger partial charge is 0.355 e. The lowest BCUT2D eigenvalue weighted by molar-refractivity contribution is 0.0736. The van der Waals surface area contributed by atoms with E-state index in [9.17, 15) is 4.79 Å². The maximum absolute atomic E-state index is 12.8. The standard InChI is InChI=1S/C20H19N7O2S/c1-14-21-4-5-27(14)19-12-18(22-13-23-19)25-6-8-26(9-7-25)20(28)15-11-16(29-24-15)17-3-2-10-30-17/h2-5,10-13H,6-9H2,1H3. The summed E-state index contributed by atoms with van der Waals surface area (Å²) in [5.41, 5.74) is 0.340. The van der Waals surface area contributed by atoms with Crippen molar-refractivity contribution < 1.29 is 9.32 Å². The summed E-state index contributed by atoms with van der Waals surface area (Å²) in [5.74, 6) is 2.98. The molecule has 0 spiro atoms. The predicted octanol–water partition coefficient (Wildman–Crippen LogP) is 2.65. The Hall–Kier alpha value is -3.53. The van der Waals surface area contributed by atoms with Gasteiger partial charge in [0.25, 0.3) is 5.91 Å². The Morgan fingerprint density at radius 3 is 2.67 bits per heavy atom. The molecule has 0 aromatic carbocycles. The first kappa shape index (κ1) is 18.5. The Morgan fingerprint density at radius 2 is 1.93 bits per heavy atom. The zero-order valence-corrected chi connectivity index (χ0v) is 17.1. The van der Waals surface area contributed by atoms with Gasteiger partial charge in [0.2, 0.25) is 0 Å². The summed E-state index contributed by atoms with van der Waals surface area (Å²) in [5, 5.41) is 5.93. The molecule has 0 radical (unpaired) electrons. The van der Waals surface area contributed by atoms with E-state index in [-0.39, 0.29) is 5.91 Å². The third-order valence-corrected chi connectivity index (χ3v) is 5.98. The molecule has 152 valence electrons. The number of rotatable bonds is 4. The average molecular weight is 421 g/mol. The van der Waals surface area contributed by atoms with Crippen LogP contribution in [0.3, 0.4) is 0 Å². The molecule has 1 aliphatic rings. The number of anilines is 1. The number of aromatic nitrogens is 5. The summed E-state index contributed by atoms with van der Waals surface area (Å²) in [6.45, 7) is 4.47. The quantitative estimate of drug-likeness (QED) is 0.500. The van der Waals surface area contributed by atoms with E-state index in [1.54, 1.807) is 34.8 Å². The molecule has 0 saturated carbocycles. The van der Waals surface area contributed by atoms with E-state index in [0.29, 0.717) is 37.6 Å². The van der Waals surface area contributed by atoms with Crippen LogP contribution in [-0.4, -0.2) is 61.7 Å². The zero-order valence-electron chi connectivity index (χ0n) is 16.3. The highest BCUT2D eigenvalue weighted by atomic mass is 32.1. The molecular formula is C20H19N7O2S. The number of amides is 1. The van der Waals surface area contributed by atoms with Crippen molar-refractivity contribution in [1.29, 1.82) is 0 Å². The zero-order chi connectivity index (χ0) is 20.5. The van der Waals surface area contributed by atoms with Crippen LogP contribution in [0.2, 0.25) is 0 Å². The van der Waals surface area contributed by atoms with Crippen molar-refractivity contribution >= 4 is 23.1 Å². The predicted molar refractivity (Wildman–Crippen MR) is 112 cm³/mol. The van der Waals surface area contributed by atoms with Crippen LogP contribution in [0.25, 0.3) is 16.5 Å². The van der Waals surface area contributed by atoms with Crippen molar-refractivity contribution in [2.75, 3.05) is 31.1 Å². The highest BCUT2D eigenvalue weighted by Crippen LogP contribution is 2.26. The van der Waals surface area contributed by atoms with Crippen molar-refractivity contribution in [2.45, 2.75) is 6.92 Å². The monoisotopic (exact) mass is 421 g/mol. The maximum Gasteiger partial charge on any atom is 0.276 e. The van der Waals surface area contributed by atoms with Gasteiger partial charge in [0.05, 0.1) is 4.88 Å². The SMILES string of the molecule is Cc1nccn1-c1cc(N2CCN(C(=O)c3cc(-c4cccs4)on3)CC2)ncn1. The molecular weight excluding hydrogens is 402 g/mol. The van der Waals surface area contributed by atoms with Crippen LogP contribution >= 0.6 is 11.3 Å². The molecule has 1 fully saturated rings. The van der Waals surface area contributed by atoms with E-state index < -0.39 is 0 Å². The first-order valence-corrected chi connectivity index (χ1v) is 10.4. The molecule has 5 rings (SSSR count). The number of carbonyl (C=O) groups is 1. The Morgan fingerprint density at radius 1 is 1.10 bits per heavy atom. The second-order valence-corrected chi connectivity index (χ2v) is 7.86. The first-order chi connectivity index (χ1) is 14.7. The van der Waals surface area contributed by atoms with Crippen molar-refractivity contribution in [1.82, 2.24) is 29.6 Å². The van der Waals surface area contributed by atoms with Gasteiger partial charge in [-0.15, -0.1) is 11.3 Å². The minimum absolute atomic E-state index is 0.112. The Bertz CT molecular complexity index is 1160. The number of hydrogen-bond acceptors (Lipinski definition) is 8. The summed E-state index contributed by atoms with van der Waals surface area (Å²) in [4.78, 5) is 30.7. The highest BCUT2D eigenvalue weighted by Gasteiger charge is 2.25. The van der Waals surface area contributed by atoms with Gasteiger partial charge >= 0.3 is 0 Å². The Kier molecular flexibility index (Phi) is 4.75. The van der Waals surface area contributed by atoms with Gasteiger partial charge in [0.15, 0.2) is 11.5 Å². The van der Waals surface area contributed by atoms with Crippen LogP contribution < -0.4 is 4.90 Å². The highest BCUT2D eigenvalue weighted by molar-refractivity contribution is 7.13. The molecule has 1 aliphatic heterocycles. The molecule has 0 bridgehead atoms. The van der Waals surface area contributed by atoms with E-state index in [1.807, 2.05) is 41.3 Å². The van der Waals surface area contributed by atoms with Gasteiger partial charge in [-0.25, -0.2) is 15.0 Å². The fourth-order valence-corrected chi connectivity index (χ4v) is 4.15. The number of carbonyl (C=O) groups excluding carboxylic acids is 1. The Labute approximate surface area is 176 Å². The van der Waals surface area contributed by atoms with E-state index >= 15 is 0 Å². The smallest absolute Gasteiger partial charge is 0.276 e. The molecule has 4 aromatic rings. The second kappa shape index (κ2) is 7.71. The number of hydrogen-bond donors (Lipinski definition) is 0. The topological polar surface area (TPSA) is 93.2 Å². The average Bonchev–Trinajstić information content (AvgIpc) is 3.54. The van der Waals surface area contributed by atoms with Crippen LogP contribution in [0.4, 0.5) is 5.82 Å². The van der Waals surface area contributed by atoms with Crippen molar-refractivity contribution in [3.8, 4) is 16.5 Å². The summed E-state index contributed by atoms with van der Waals surface area (Å²) in [6, 6.07) is 7.54. The van der Waals surface area contributed by atoms with Crippen LogP contribution in [0, 0.1) is 6.92 Å². The molecule has 0 N–H and O–H groups in total. The molecule has 1 amide bonds. The van der Waals surface area contributed by atoms with Crippen LogP contribution in [-0.2, 0) is 0 Å². The second-order valence-electron chi connectivity index (χ2n) is 6.91.